The maximum atomic E-state index is 13.6. The summed E-state index contributed by atoms with van der Waals surface area (Å²) in [4.78, 5) is 18.1. The predicted molar refractivity (Wildman–Crippen MR) is 185 cm³/mol. The molecular weight excluding hydrogens is 634 g/mol. The first kappa shape index (κ1) is 32.9. The highest BCUT2D eigenvalue weighted by Crippen LogP contribution is 2.47. The van der Waals surface area contributed by atoms with Gasteiger partial charge >= 0.3 is 0 Å². The molecule has 2 aliphatic carbocycles. The first-order valence-corrected chi connectivity index (χ1v) is 19.4. The number of amides is 1. The van der Waals surface area contributed by atoms with E-state index in [4.69, 9.17) is 21.1 Å². The standard InChI is InChI=1S/C37H48ClN3O5S/c1-25-6-3-8-34(45-19-18-40-16-5-17-40)31-12-9-28(31)22-41-23-37(15-4-7-27-20-29(38)10-13-32(27)37)24-46-35-14-11-30(21-33(35)41)47(43,44)39-36(42)26(25)2/h3,8,10-11,13-14,20-21,25-26,28,31,34H,4-7,9,12,15-19,22-24H2,1-2H3,(H,39,42)/b8-3+/t25-,26+,28-,31+,34-,37-/m0/s1. The SMILES string of the molecule is C[C@H]1C/C=C/[C@H](OCCN2CCC2)[C@@H]2CC[C@H]2CN2C[C@@]3(CCCc4cc(Cl)ccc43)COc3ccc(cc32)S(=O)(=O)NC(=O)[C@@H]1C. The van der Waals surface area contributed by atoms with Crippen molar-refractivity contribution in [3.05, 3.63) is 64.7 Å². The molecule has 1 saturated carbocycles. The van der Waals surface area contributed by atoms with Crippen LogP contribution in [0, 0.1) is 23.7 Å². The Bertz CT molecular complexity index is 1630. The van der Waals surface area contributed by atoms with Crippen molar-refractivity contribution in [1.82, 2.24) is 9.62 Å². The van der Waals surface area contributed by atoms with Crippen LogP contribution in [0.4, 0.5) is 5.69 Å². The lowest BCUT2D eigenvalue weighted by atomic mass is 9.68. The van der Waals surface area contributed by atoms with Crippen molar-refractivity contribution in [2.45, 2.75) is 75.2 Å². The molecule has 2 bridgehead atoms. The molecule has 8 nitrogen and oxygen atoms in total. The highest BCUT2D eigenvalue weighted by atomic mass is 35.5. The molecule has 1 amide bonds. The summed E-state index contributed by atoms with van der Waals surface area (Å²) >= 11 is 6.45. The second kappa shape index (κ2) is 13.4. The third-order valence-corrected chi connectivity index (χ3v) is 13.3. The quantitative estimate of drug-likeness (QED) is 0.398. The van der Waals surface area contributed by atoms with Crippen molar-refractivity contribution >= 4 is 33.2 Å². The molecule has 5 aliphatic rings. The number of fused-ring (bicyclic) bond motifs is 4. The maximum Gasteiger partial charge on any atom is 0.264 e. The molecule has 1 N–H and O–H groups in total. The molecule has 47 heavy (non-hydrogen) atoms. The van der Waals surface area contributed by atoms with E-state index in [0.717, 1.165) is 69.0 Å². The van der Waals surface area contributed by atoms with E-state index >= 15 is 0 Å². The van der Waals surface area contributed by atoms with E-state index in [1.165, 1.54) is 17.5 Å². The monoisotopic (exact) mass is 681 g/mol. The normalized spacial score (nSPS) is 32.9. The van der Waals surface area contributed by atoms with E-state index < -0.39 is 21.8 Å². The molecule has 2 aromatic rings. The van der Waals surface area contributed by atoms with Crippen molar-refractivity contribution in [1.29, 1.82) is 0 Å². The second-order valence-electron chi connectivity index (χ2n) is 14.7. The van der Waals surface area contributed by atoms with Crippen molar-refractivity contribution in [2.24, 2.45) is 23.7 Å². The number of nitrogens with one attached hydrogen (secondary N) is 1. The number of halogens is 1. The number of ether oxygens (including phenoxy) is 2. The van der Waals surface area contributed by atoms with Crippen molar-refractivity contribution < 1.29 is 22.7 Å². The van der Waals surface area contributed by atoms with Gasteiger partial charge in [0, 0.05) is 36.0 Å². The highest BCUT2D eigenvalue weighted by Gasteiger charge is 2.44. The number of hydrogen-bond donors (Lipinski definition) is 1. The molecule has 2 aromatic carbocycles. The van der Waals surface area contributed by atoms with Gasteiger partial charge in [0.1, 0.15) is 5.75 Å². The topological polar surface area (TPSA) is 88.2 Å². The number of rotatable bonds is 4. The van der Waals surface area contributed by atoms with Crippen molar-refractivity contribution in [3.63, 3.8) is 0 Å². The highest BCUT2D eigenvalue weighted by molar-refractivity contribution is 7.90. The predicted octanol–water partition coefficient (Wildman–Crippen LogP) is 5.97. The molecule has 0 unspecified atom stereocenters. The van der Waals surface area contributed by atoms with Gasteiger partial charge in [-0.3, -0.25) is 4.79 Å². The van der Waals surface area contributed by atoms with Crippen LogP contribution in [0.2, 0.25) is 5.02 Å². The molecule has 1 spiro atoms. The third kappa shape index (κ3) is 6.70. The molecule has 2 fully saturated rings. The van der Waals surface area contributed by atoms with E-state index in [1.807, 2.05) is 13.0 Å². The Morgan fingerprint density at radius 3 is 2.72 bits per heavy atom. The lowest BCUT2D eigenvalue weighted by Crippen LogP contribution is -2.50. The number of benzene rings is 2. The fraction of sp³-hybridized carbons (Fsp3) is 0.595. The Morgan fingerprint density at radius 2 is 1.96 bits per heavy atom. The average Bonchev–Trinajstić information content (AvgIpc) is 3.16. The van der Waals surface area contributed by atoms with E-state index in [2.05, 4.69) is 38.8 Å². The Balaban J connectivity index is 1.26. The summed E-state index contributed by atoms with van der Waals surface area (Å²) in [5.74, 6) is 0.417. The zero-order valence-electron chi connectivity index (χ0n) is 27.6. The zero-order chi connectivity index (χ0) is 32.8. The van der Waals surface area contributed by atoms with Gasteiger partial charge in [-0.15, -0.1) is 0 Å². The summed E-state index contributed by atoms with van der Waals surface area (Å²) in [6, 6.07) is 11.3. The van der Waals surface area contributed by atoms with Crippen LogP contribution in [-0.4, -0.2) is 71.3 Å². The summed E-state index contributed by atoms with van der Waals surface area (Å²) in [5, 5.41) is 0.745. The minimum Gasteiger partial charge on any atom is -0.490 e. The number of hydrogen-bond acceptors (Lipinski definition) is 7. The van der Waals surface area contributed by atoms with Crippen LogP contribution in [-0.2, 0) is 31.4 Å². The molecule has 3 aliphatic heterocycles. The Hall–Kier alpha value is -2.59. The van der Waals surface area contributed by atoms with E-state index in [0.29, 0.717) is 43.8 Å². The van der Waals surface area contributed by atoms with Gasteiger partial charge in [-0.2, -0.15) is 0 Å². The first-order chi connectivity index (χ1) is 22.6. The molecule has 3 heterocycles. The molecule has 1 saturated heterocycles. The van der Waals surface area contributed by atoms with Gasteiger partial charge in [0.25, 0.3) is 10.0 Å². The number of carbonyl (C=O) groups is 1. The van der Waals surface area contributed by atoms with Gasteiger partial charge in [0.05, 0.1) is 29.9 Å². The van der Waals surface area contributed by atoms with E-state index in [1.54, 1.807) is 25.1 Å². The average molecular weight is 682 g/mol. The van der Waals surface area contributed by atoms with Crippen LogP contribution < -0.4 is 14.4 Å². The lowest BCUT2D eigenvalue weighted by molar-refractivity contribution is -0.124. The van der Waals surface area contributed by atoms with Gasteiger partial charge in [0.2, 0.25) is 5.91 Å². The molecule has 7 rings (SSSR count). The number of allylic oxidation sites excluding steroid dienone is 1. The van der Waals surface area contributed by atoms with Crippen molar-refractivity contribution in [2.75, 3.05) is 50.8 Å². The molecule has 0 radical (unpaired) electrons. The Morgan fingerprint density at radius 1 is 1.11 bits per heavy atom. The summed E-state index contributed by atoms with van der Waals surface area (Å²) in [6.45, 7) is 9.75. The summed E-state index contributed by atoms with van der Waals surface area (Å²) in [5.41, 5.74) is 3.05. The summed E-state index contributed by atoms with van der Waals surface area (Å²) in [6.07, 6.45) is 11.5. The van der Waals surface area contributed by atoms with Gasteiger partial charge in [-0.05, 0) is 117 Å². The number of anilines is 1. The fourth-order valence-electron chi connectivity index (χ4n) is 8.22. The molecule has 6 atom stereocenters. The largest absolute Gasteiger partial charge is 0.490 e. The van der Waals surface area contributed by atoms with Crippen molar-refractivity contribution in [3.8, 4) is 5.75 Å². The smallest absolute Gasteiger partial charge is 0.264 e. The zero-order valence-corrected chi connectivity index (χ0v) is 29.2. The Kier molecular flexibility index (Phi) is 9.37. The lowest BCUT2D eigenvalue weighted by Gasteiger charge is -2.46. The van der Waals surface area contributed by atoms with E-state index in [-0.39, 0.29) is 22.3 Å². The van der Waals surface area contributed by atoms with Crippen LogP contribution in [0.5, 0.6) is 5.75 Å². The second-order valence-corrected chi connectivity index (χ2v) is 16.8. The van der Waals surface area contributed by atoms with Gasteiger partial charge in [0.15, 0.2) is 0 Å². The van der Waals surface area contributed by atoms with Crippen LogP contribution in [0.3, 0.4) is 0 Å². The minimum atomic E-state index is -4.09. The molecule has 0 aromatic heterocycles. The number of aryl methyl sites for hydroxylation is 1. The Labute approximate surface area is 284 Å². The molecule has 254 valence electrons. The number of sulfonamides is 1. The number of nitrogens with zero attached hydrogens (tertiary/aromatic N) is 2. The minimum absolute atomic E-state index is 0.000171. The van der Waals surface area contributed by atoms with Gasteiger partial charge < -0.3 is 19.3 Å². The number of carbonyl (C=O) groups excluding carboxylic acids is 1. The van der Waals surface area contributed by atoms with Crippen LogP contribution >= 0.6 is 11.6 Å². The maximum absolute atomic E-state index is 13.6. The molecular formula is C37H48ClN3O5S. The first-order valence-electron chi connectivity index (χ1n) is 17.5. The third-order valence-electron chi connectivity index (χ3n) is 11.7. The number of likely N-dealkylation sites (tertiary alicyclic amines) is 1. The fourth-order valence-corrected chi connectivity index (χ4v) is 9.49. The van der Waals surface area contributed by atoms with Crippen LogP contribution in [0.25, 0.3) is 0 Å². The summed E-state index contributed by atoms with van der Waals surface area (Å²) < 4.78 is 42.9. The van der Waals surface area contributed by atoms with E-state index in [9.17, 15) is 13.2 Å². The summed E-state index contributed by atoms with van der Waals surface area (Å²) in [7, 11) is -4.09. The van der Waals surface area contributed by atoms with Gasteiger partial charge in [-0.1, -0.05) is 43.7 Å². The van der Waals surface area contributed by atoms with Gasteiger partial charge in [-0.25, -0.2) is 13.1 Å². The van der Waals surface area contributed by atoms with Crippen LogP contribution in [0.1, 0.15) is 63.5 Å². The molecule has 10 heteroatoms. The van der Waals surface area contributed by atoms with Crippen LogP contribution in [0.15, 0.2) is 53.4 Å².